The fourth-order valence-electron chi connectivity index (χ4n) is 1.66. The highest BCUT2D eigenvalue weighted by atomic mass is 79.9. The third kappa shape index (κ3) is 3.63. The molecule has 2 aromatic carbocycles. The Labute approximate surface area is 140 Å². The van der Waals surface area contributed by atoms with E-state index in [1.165, 1.54) is 30.3 Å². The molecular formula is C13H10BrCl2NO3S. The second-order valence-corrected chi connectivity index (χ2v) is 7.68. The lowest BCUT2D eigenvalue weighted by Gasteiger charge is -2.12. The number of sulfonamides is 1. The van der Waals surface area contributed by atoms with Crippen molar-refractivity contribution in [2.24, 2.45) is 0 Å². The van der Waals surface area contributed by atoms with Crippen LogP contribution in [0.3, 0.4) is 0 Å². The van der Waals surface area contributed by atoms with Crippen LogP contribution in [0.2, 0.25) is 10.0 Å². The van der Waals surface area contributed by atoms with Crippen molar-refractivity contribution in [3.63, 3.8) is 0 Å². The minimum atomic E-state index is -3.87. The Morgan fingerprint density at radius 1 is 1.19 bits per heavy atom. The maximum atomic E-state index is 12.3. The number of phenolic OH excluding ortho intramolecular Hbond substituents is 1. The van der Waals surface area contributed by atoms with Crippen molar-refractivity contribution >= 4 is 54.8 Å². The zero-order chi connectivity index (χ0) is 15.8. The summed E-state index contributed by atoms with van der Waals surface area (Å²) < 4.78 is 27.4. The van der Waals surface area contributed by atoms with Gasteiger partial charge < -0.3 is 5.11 Å². The molecule has 0 aromatic heterocycles. The molecule has 2 aromatic rings. The van der Waals surface area contributed by atoms with Gasteiger partial charge in [-0.15, -0.1) is 0 Å². The van der Waals surface area contributed by atoms with Gasteiger partial charge in [0.25, 0.3) is 10.0 Å². The van der Waals surface area contributed by atoms with Gasteiger partial charge in [-0.25, -0.2) is 8.42 Å². The van der Waals surface area contributed by atoms with Crippen molar-refractivity contribution in [3.05, 3.63) is 50.4 Å². The molecule has 0 radical (unpaired) electrons. The number of anilines is 1. The van der Waals surface area contributed by atoms with Crippen LogP contribution < -0.4 is 4.72 Å². The largest absolute Gasteiger partial charge is 0.505 e. The van der Waals surface area contributed by atoms with E-state index in [4.69, 9.17) is 23.2 Å². The van der Waals surface area contributed by atoms with Crippen molar-refractivity contribution in [2.45, 2.75) is 11.8 Å². The van der Waals surface area contributed by atoms with E-state index in [9.17, 15) is 13.5 Å². The van der Waals surface area contributed by atoms with Crippen molar-refractivity contribution < 1.29 is 13.5 Å². The van der Waals surface area contributed by atoms with Crippen LogP contribution in [0.25, 0.3) is 0 Å². The highest BCUT2D eigenvalue weighted by Crippen LogP contribution is 2.33. The fraction of sp³-hybridized carbons (Fsp3) is 0.0769. The highest BCUT2D eigenvalue weighted by molar-refractivity contribution is 9.10. The molecule has 0 unspecified atom stereocenters. The van der Waals surface area contributed by atoms with Gasteiger partial charge in [-0.1, -0.05) is 23.2 Å². The van der Waals surface area contributed by atoms with E-state index in [1.807, 2.05) is 0 Å². The molecule has 0 saturated carbocycles. The fourth-order valence-corrected chi connectivity index (χ4v) is 3.66. The molecule has 21 heavy (non-hydrogen) atoms. The number of hydrogen-bond acceptors (Lipinski definition) is 3. The first-order valence-corrected chi connectivity index (χ1v) is 8.71. The topological polar surface area (TPSA) is 66.4 Å². The number of rotatable bonds is 3. The summed E-state index contributed by atoms with van der Waals surface area (Å²) in [6.45, 7) is 1.62. The van der Waals surface area contributed by atoms with Gasteiger partial charge in [-0.3, -0.25) is 4.72 Å². The van der Waals surface area contributed by atoms with E-state index in [1.54, 1.807) is 6.92 Å². The Hall–Kier alpha value is -0.950. The molecule has 0 aliphatic heterocycles. The molecule has 0 fully saturated rings. The van der Waals surface area contributed by atoms with Crippen LogP contribution in [0.5, 0.6) is 5.75 Å². The van der Waals surface area contributed by atoms with Crippen LogP contribution in [0, 0.1) is 6.92 Å². The maximum absolute atomic E-state index is 12.3. The number of aryl methyl sites for hydroxylation is 1. The van der Waals surface area contributed by atoms with Crippen molar-refractivity contribution in [2.75, 3.05) is 4.72 Å². The van der Waals surface area contributed by atoms with E-state index in [2.05, 4.69) is 20.7 Å². The van der Waals surface area contributed by atoms with Gasteiger partial charge in [0, 0.05) is 9.50 Å². The standard InChI is InChI=1S/C13H10BrCl2NO3S/c1-7-4-8(15)5-12(13(7)18)17-21(19,20)9-2-3-11(16)10(14)6-9/h2-6,17-18H,1H3. The van der Waals surface area contributed by atoms with Crippen LogP contribution in [0.15, 0.2) is 39.7 Å². The second kappa shape index (κ2) is 6.04. The van der Waals surface area contributed by atoms with Gasteiger partial charge in [0.15, 0.2) is 0 Å². The second-order valence-electron chi connectivity index (χ2n) is 4.30. The summed E-state index contributed by atoms with van der Waals surface area (Å²) in [7, 11) is -3.87. The highest BCUT2D eigenvalue weighted by Gasteiger charge is 2.18. The number of hydrogen-bond donors (Lipinski definition) is 2. The summed E-state index contributed by atoms with van der Waals surface area (Å²) in [6, 6.07) is 7.08. The first-order chi connectivity index (χ1) is 9.70. The van der Waals surface area contributed by atoms with Crippen LogP contribution in [-0.2, 0) is 10.0 Å². The Bertz CT molecular complexity index is 809. The summed E-state index contributed by atoms with van der Waals surface area (Å²) in [5.74, 6) is -0.170. The minimum absolute atomic E-state index is 0.0100. The van der Waals surface area contributed by atoms with E-state index in [0.717, 1.165) is 0 Å². The Kier molecular flexibility index (Phi) is 4.72. The molecule has 0 aliphatic rings. The first-order valence-electron chi connectivity index (χ1n) is 5.67. The van der Waals surface area contributed by atoms with Gasteiger partial charge in [0.1, 0.15) is 5.75 Å². The zero-order valence-corrected chi connectivity index (χ0v) is 14.6. The van der Waals surface area contributed by atoms with Crippen molar-refractivity contribution in [1.82, 2.24) is 0 Å². The smallest absolute Gasteiger partial charge is 0.262 e. The molecule has 0 amide bonds. The molecule has 0 bridgehead atoms. The molecule has 0 heterocycles. The van der Waals surface area contributed by atoms with Crippen molar-refractivity contribution in [1.29, 1.82) is 0 Å². The molecule has 112 valence electrons. The zero-order valence-electron chi connectivity index (χ0n) is 10.7. The average molecular weight is 411 g/mol. The quantitative estimate of drug-likeness (QED) is 0.728. The lowest BCUT2D eigenvalue weighted by molar-refractivity contribution is 0.473. The van der Waals surface area contributed by atoms with Gasteiger partial charge in [0.05, 0.1) is 15.6 Å². The third-order valence-electron chi connectivity index (χ3n) is 2.71. The summed E-state index contributed by atoms with van der Waals surface area (Å²) in [4.78, 5) is 0.0100. The molecule has 2 N–H and O–H groups in total. The third-order valence-corrected chi connectivity index (χ3v) is 5.51. The van der Waals surface area contributed by atoms with Crippen LogP contribution >= 0.6 is 39.1 Å². The Balaban J connectivity index is 2.44. The number of phenols is 1. The normalized spacial score (nSPS) is 11.4. The van der Waals surface area contributed by atoms with Crippen LogP contribution in [0.1, 0.15) is 5.56 Å². The van der Waals surface area contributed by atoms with Gasteiger partial charge >= 0.3 is 0 Å². The molecule has 4 nitrogen and oxygen atoms in total. The number of halogens is 3. The Morgan fingerprint density at radius 3 is 2.48 bits per heavy atom. The average Bonchev–Trinajstić information content (AvgIpc) is 2.38. The van der Waals surface area contributed by atoms with E-state index in [0.29, 0.717) is 20.1 Å². The first kappa shape index (κ1) is 16.4. The molecule has 0 atom stereocenters. The molecule has 0 saturated heterocycles. The number of nitrogens with one attached hydrogen (secondary N) is 1. The summed E-state index contributed by atoms with van der Waals surface area (Å²) in [5.41, 5.74) is 0.489. The lowest BCUT2D eigenvalue weighted by Crippen LogP contribution is -2.13. The number of benzene rings is 2. The summed E-state index contributed by atoms with van der Waals surface area (Å²) in [5, 5.41) is 10.6. The minimum Gasteiger partial charge on any atom is -0.505 e. The Morgan fingerprint density at radius 2 is 1.86 bits per heavy atom. The predicted molar refractivity (Wildman–Crippen MR) is 87.8 cm³/mol. The molecule has 8 heteroatoms. The molecule has 0 spiro atoms. The number of aromatic hydroxyl groups is 1. The summed E-state index contributed by atoms with van der Waals surface area (Å²) >= 11 is 14.9. The molecule has 2 rings (SSSR count). The molecule has 0 aliphatic carbocycles. The lowest BCUT2D eigenvalue weighted by atomic mass is 10.2. The van der Waals surface area contributed by atoms with Gasteiger partial charge in [0.2, 0.25) is 0 Å². The van der Waals surface area contributed by atoms with Crippen molar-refractivity contribution in [3.8, 4) is 5.75 Å². The monoisotopic (exact) mass is 409 g/mol. The predicted octanol–water partition coefficient (Wildman–Crippen LogP) is 4.57. The van der Waals surface area contributed by atoms with Crippen LogP contribution in [-0.4, -0.2) is 13.5 Å². The van der Waals surface area contributed by atoms with Gasteiger partial charge in [-0.05, 0) is 58.7 Å². The van der Waals surface area contributed by atoms with E-state index in [-0.39, 0.29) is 16.3 Å². The van der Waals surface area contributed by atoms with Gasteiger partial charge in [-0.2, -0.15) is 0 Å². The maximum Gasteiger partial charge on any atom is 0.262 e. The van der Waals surface area contributed by atoms with E-state index >= 15 is 0 Å². The molecular weight excluding hydrogens is 401 g/mol. The SMILES string of the molecule is Cc1cc(Cl)cc(NS(=O)(=O)c2ccc(Cl)c(Br)c2)c1O. The van der Waals surface area contributed by atoms with Crippen LogP contribution in [0.4, 0.5) is 5.69 Å². The summed E-state index contributed by atoms with van der Waals surface area (Å²) in [6.07, 6.45) is 0. The van der Waals surface area contributed by atoms with E-state index < -0.39 is 10.0 Å².